The SMILES string of the molecule is C[C@@H]1O[C@@H](Oc2ccc(C(=O)c3ccc([N+](=O)[O-])cc3)cc2)[C@H](O)[C@H](O)[C@H]1O. The summed E-state index contributed by atoms with van der Waals surface area (Å²) in [4.78, 5) is 22.6. The van der Waals surface area contributed by atoms with E-state index < -0.39 is 35.6 Å². The molecule has 0 spiro atoms. The first-order valence-corrected chi connectivity index (χ1v) is 8.53. The normalized spacial score (nSPS) is 27.2. The molecule has 3 N–H and O–H groups in total. The summed E-state index contributed by atoms with van der Waals surface area (Å²) in [6, 6.07) is 11.3. The number of nitrogens with zero attached hydrogens (tertiary/aromatic N) is 1. The Labute approximate surface area is 159 Å². The molecule has 0 saturated carbocycles. The van der Waals surface area contributed by atoms with Crippen LogP contribution in [0.4, 0.5) is 5.69 Å². The van der Waals surface area contributed by atoms with Crippen molar-refractivity contribution in [1.29, 1.82) is 0 Å². The van der Waals surface area contributed by atoms with Crippen LogP contribution in [0.5, 0.6) is 5.75 Å². The van der Waals surface area contributed by atoms with Gasteiger partial charge in [-0.2, -0.15) is 0 Å². The monoisotopic (exact) mass is 389 g/mol. The van der Waals surface area contributed by atoms with Gasteiger partial charge in [-0.1, -0.05) is 0 Å². The largest absolute Gasteiger partial charge is 0.462 e. The van der Waals surface area contributed by atoms with Crippen molar-refractivity contribution in [3.05, 3.63) is 69.8 Å². The molecule has 1 fully saturated rings. The number of ketones is 1. The fraction of sp³-hybridized carbons (Fsp3) is 0.316. The van der Waals surface area contributed by atoms with Crippen LogP contribution >= 0.6 is 0 Å². The molecule has 3 rings (SSSR count). The lowest BCUT2D eigenvalue weighted by molar-refractivity contribution is -0.384. The first-order chi connectivity index (χ1) is 13.3. The van der Waals surface area contributed by atoms with Crippen LogP contribution in [0.25, 0.3) is 0 Å². The number of aliphatic hydroxyl groups is 3. The average molecular weight is 389 g/mol. The smallest absolute Gasteiger partial charge is 0.269 e. The summed E-state index contributed by atoms with van der Waals surface area (Å²) in [7, 11) is 0. The van der Waals surface area contributed by atoms with E-state index in [1.165, 1.54) is 48.5 Å². The molecule has 148 valence electrons. The molecule has 0 aliphatic carbocycles. The lowest BCUT2D eigenvalue weighted by atomic mass is 10.00. The van der Waals surface area contributed by atoms with E-state index in [2.05, 4.69) is 0 Å². The zero-order chi connectivity index (χ0) is 20.4. The van der Waals surface area contributed by atoms with Crippen molar-refractivity contribution < 1.29 is 34.5 Å². The number of hydrogen-bond donors (Lipinski definition) is 3. The van der Waals surface area contributed by atoms with Gasteiger partial charge >= 0.3 is 0 Å². The van der Waals surface area contributed by atoms with Gasteiger partial charge in [-0.3, -0.25) is 14.9 Å². The number of non-ortho nitro benzene ring substituents is 1. The number of hydrogen-bond acceptors (Lipinski definition) is 8. The fourth-order valence-electron chi connectivity index (χ4n) is 2.83. The summed E-state index contributed by atoms with van der Waals surface area (Å²) in [6.45, 7) is 1.54. The van der Waals surface area contributed by atoms with Crippen molar-refractivity contribution in [2.24, 2.45) is 0 Å². The first kappa shape index (κ1) is 19.9. The van der Waals surface area contributed by atoms with E-state index in [1.807, 2.05) is 0 Å². The van der Waals surface area contributed by atoms with E-state index in [4.69, 9.17) is 9.47 Å². The summed E-state index contributed by atoms with van der Waals surface area (Å²) in [5.74, 6) is -0.0253. The highest BCUT2D eigenvalue weighted by atomic mass is 16.7. The lowest BCUT2D eigenvalue weighted by Crippen LogP contribution is -2.58. The minimum atomic E-state index is -1.44. The molecule has 9 nitrogen and oxygen atoms in total. The number of nitro benzene ring substituents is 1. The van der Waals surface area contributed by atoms with Gasteiger partial charge in [-0.25, -0.2) is 0 Å². The molecular formula is C19H19NO8. The fourth-order valence-corrected chi connectivity index (χ4v) is 2.83. The van der Waals surface area contributed by atoms with Crippen molar-refractivity contribution >= 4 is 11.5 Å². The maximum absolute atomic E-state index is 12.5. The van der Waals surface area contributed by atoms with Crippen LogP contribution < -0.4 is 4.74 Å². The Morgan fingerprint density at radius 3 is 2.04 bits per heavy atom. The Bertz CT molecular complexity index is 851. The molecule has 1 heterocycles. The van der Waals surface area contributed by atoms with E-state index in [9.17, 15) is 30.2 Å². The topological polar surface area (TPSA) is 139 Å². The summed E-state index contributed by atoms with van der Waals surface area (Å²) in [5.41, 5.74) is 0.541. The van der Waals surface area contributed by atoms with E-state index in [0.717, 1.165) is 0 Å². The first-order valence-electron chi connectivity index (χ1n) is 8.53. The Hall–Kier alpha value is -2.85. The highest BCUT2D eigenvalue weighted by molar-refractivity contribution is 6.09. The second kappa shape index (κ2) is 8.03. The van der Waals surface area contributed by atoms with E-state index in [1.54, 1.807) is 6.92 Å². The molecule has 9 heteroatoms. The van der Waals surface area contributed by atoms with Crippen LogP contribution in [0.1, 0.15) is 22.8 Å². The molecule has 0 radical (unpaired) electrons. The molecule has 1 aliphatic heterocycles. The quantitative estimate of drug-likeness (QED) is 0.391. The van der Waals surface area contributed by atoms with Gasteiger partial charge in [0.05, 0.1) is 11.0 Å². The Balaban J connectivity index is 1.69. The maximum Gasteiger partial charge on any atom is 0.269 e. The molecule has 0 aromatic heterocycles. The van der Waals surface area contributed by atoms with Crippen LogP contribution in [0, 0.1) is 10.1 Å². The highest BCUT2D eigenvalue weighted by Crippen LogP contribution is 2.25. The number of nitro groups is 1. The average Bonchev–Trinajstić information content (AvgIpc) is 2.70. The molecule has 5 atom stereocenters. The van der Waals surface area contributed by atoms with Crippen molar-refractivity contribution in [2.75, 3.05) is 0 Å². The number of carbonyl (C=O) groups is 1. The Kier molecular flexibility index (Phi) is 5.71. The third kappa shape index (κ3) is 4.02. The number of carbonyl (C=O) groups excluding carboxylic acids is 1. The zero-order valence-corrected chi connectivity index (χ0v) is 14.8. The molecular weight excluding hydrogens is 370 g/mol. The van der Waals surface area contributed by atoms with E-state index in [-0.39, 0.29) is 11.5 Å². The molecule has 28 heavy (non-hydrogen) atoms. The van der Waals surface area contributed by atoms with Gasteiger partial charge in [0.2, 0.25) is 6.29 Å². The molecule has 1 saturated heterocycles. The minimum absolute atomic E-state index is 0.104. The van der Waals surface area contributed by atoms with Crippen LogP contribution in [0.3, 0.4) is 0 Å². The number of rotatable bonds is 5. The van der Waals surface area contributed by atoms with Gasteiger partial charge in [0.15, 0.2) is 5.78 Å². The molecule has 0 unspecified atom stereocenters. The second-order valence-electron chi connectivity index (χ2n) is 6.46. The molecule has 2 aromatic rings. The standard InChI is InChI=1S/C19H19NO8/c1-10-15(21)17(23)18(24)19(27-10)28-14-8-4-12(5-9-14)16(22)11-2-6-13(7-3-11)20(25)26/h2-10,15,17-19,21,23-24H,1H3/t10-,15-,17+,18+,19-/m0/s1. The number of benzene rings is 2. The third-order valence-electron chi connectivity index (χ3n) is 4.52. The number of ether oxygens (including phenoxy) is 2. The van der Waals surface area contributed by atoms with Crippen LogP contribution in [0.15, 0.2) is 48.5 Å². The minimum Gasteiger partial charge on any atom is -0.462 e. The Morgan fingerprint density at radius 1 is 0.964 bits per heavy atom. The van der Waals surface area contributed by atoms with E-state index in [0.29, 0.717) is 16.9 Å². The van der Waals surface area contributed by atoms with Gasteiger partial charge in [-0.15, -0.1) is 0 Å². The van der Waals surface area contributed by atoms with Crippen molar-refractivity contribution in [2.45, 2.75) is 37.6 Å². The van der Waals surface area contributed by atoms with E-state index >= 15 is 0 Å². The zero-order valence-electron chi connectivity index (χ0n) is 14.8. The molecule has 0 bridgehead atoms. The van der Waals surface area contributed by atoms with Gasteiger partial charge in [0.25, 0.3) is 5.69 Å². The van der Waals surface area contributed by atoms with Crippen LogP contribution in [-0.2, 0) is 4.74 Å². The van der Waals surface area contributed by atoms with Crippen LogP contribution in [0.2, 0.25) is 0 Å². The van der Waals surface area contributed by atoms with Gasteiger partial charge in [0.1, 0.15) is 24.1 Å². The Morgan fingerprint density at radius 2 is 1.50 bits per heavy atom. The van der Waals surface area contributed by atoms with Crippen molar-refractivity contribution in [3.63, 3.8) is 0 Å². The van der Waals surface area contributed by atoms with Crippen LogP contribution in [-0.4, -0.2) is 56.7 Å². The van der Waals surface area contributed by atoms with Gasteiger partial charge in [0, 0.05) is 23.3 Å². The summed E-state index contributed by atoms with van der Waals surface area (Å²) in [5, 5.41) is 40.2. The molecule has 1 aliphatic rings. The highest BCUT2D eigenvalue weighted by Gasteiger charge is 2.43. The second-order valence-corrected chi connectivity index (χ2v) is 6.46. The van der Waals surface area contributed by atoms with Crippen molar-refractivity contribution in [3.8, 4) is 5.75 Å². The predicted octanol–water partition coefficient (Wildman–Crippen LogP) is 1.03. The summed E-state index contributed by atoms with van der Waals surface area (Å²) < 4.78 is 10.9. The van der Waals surface area contributed by atoms with Crippen molar-refractivity contribution in [1.82, 2.24) is 0 Å². The number of aliphatic hydroxyl groups excluding tert-OH is 3. The summed E-state index contributed by atoms with van der Waals surface area (Å²) >= 11 is 0. The summed E-state index contributed by atoms with van der Waals surface area (Å²) in [6.07, 6.45) is -5.98. The predicted molar refractivity (Wildman–Crippen MR) is 96.0 cm³/mol. The van der Waals surface area contributed by atoms with Gasteiger partial charge in [-0.05, 0) is 43.3 Å². The molecule has 0 amide bonds. The maximum atomic E-state index is 12.5. The lowest BCUT2D eigenvalue weighted by Gasteiger charge is -2.38. The third-order valence-corrected chi connectivity index (χ3v) is 4.52. The molecule has 2 aromatic carbocycles. The van der Waals surface area contributed by atoms with Gasteiger partial charge < -0.3 is 24.8 Å².